The van der Waals surface area contributed by atoms with Crippen molar-refractivity contribution in [2.75, 3.05) is 11.5 Å². The van der Waals surface area contributed by atoms with Crippen molar-refractivity contribution in [2.45, 2.75) is 22.8 Å². The number of anilines is 2. The first-order valence-corrected chi connectivity index (χ1v) is 8.16. The zero-order valence-corrected chi connectivity index (χ0v) is 13.6. The molecule has 0 aliphatic heterocycles. The predicted molar refractivity (Wildman–Crippen MR) is 95.7 cm³/mol. The first-order chi connectivity index (χ1) is 11.1. The maximum absolute atomic E-state index is 5.99. The van der Waals surface area contributed by atoms with Gasteiger partial charge in [-0.1, -0.05) is 17.8 Å². The maximum atomic E-state index is 5.99. The van der Waals surface area contributed by atoms with E-state index in [0.29, 0.717) is 11.4 Å². The number of hydrogen-bond donors (Lipinski definition) is 3. The Kier molecular flexibility index (Phi) is 4.48. The van der Waals surface area contributed by atoms with Crippen molar-refractivity contribution >= 4 is 23.1 Å². The molecule has 3 aromatic rings. The topological polar surface area (TPSA) is 77.1 Å². The first kappa shape index (κ1) is 15.4. The largest absolute Gasteiger partial charge is 0.484 e. The standard InChI is InChI=1S/C18H19N3OS/c1-12(18-6-3-9-21-18)22-13-4-2-5-14(10-13)23-15-7-8-16(19)17(20)11-15/h2-12,21H,19-20H2,1H3. The fourth-order valence-electron chi connectivity index (χ4n) is 2.23. The number of aromatic nitrogens is 1. The van der Waals surface area contributed by atoms with Crippen molar-refractivity contribution in [2.24, 2.45) is 0 Å². The molecule has 0 spiro atoms. The number of nitrogen functional groups attached to an aromatic ring is 2. The summed E-state index contributed by atoms with van der Waals surface area (Å²) in [7, 11) is 0. The summed E-state index contributed by atoms with van der Waals surface area (Å²) in [6, 6.07) is 17.7. The van der Waals surface area contributed by atoms with Crippen LogP contribution in [0.4, 0.5) is 11.4 Å². The Hall–Kier alpha value is -2.53. The van der Waals surface area contributed by atoms with E-state index in [4.69, 9.17) is 16.2 Å². The second-order valence-electron chi connectivity index (χ2n) is 5.25. The molecule has 5 N–H and O–H groups in total. The molecule has 118 valence electrons. The molecule has 23 heavy (non-hydrogen) atoms. The van der Waals surface area contributed by atoms with Crippen molar-refractivity contribution in [3.8, 4) is 5.75 Å². The number of ether oxygens (including phenoxy) is 1. The number of aromatic amines is 1. The molecule has 1 aromatic heterocycles. The van der Waals surface area contributed by atoms with Crippen LogP contribution in [0.1, 0.15) is 18.7 Å². The van der Waals surface area contributed by atoms with Gasteiger partial charge in [0.2, 0.25) is 0 Å². The fraction of sp³-hybridized carbons (Fsp3) is 0.111. The second-order valence-corrected chi connectivity index (χ2v) is 6.40. The Morgan fingerprint density at radius 2 is 1.78 bits per heavy atom. The molecule has 0 saturated heterocycles. The van der Waals surface area contributed by atoms with Gasteiger partial charge in [-0.15, -0.1) is 0 Å². The Morgan fingerprint density at radius 3 is 2.52 bits per heavy atom. The lowest BCUT2D eigenvalue weighted by Gasteiger charge is -2.14. The van der Waals surface area contributed by atoms with Crippen molar-refractivity contribution < 1.29 is 4.74 Å². The lowest BCUT2D eigenvalue weighted by atomic mass is 10.3. The molecule has 5 heteroatoms. The third-order valence-electron chi connectivity index (χ3n) is 3.47. The molecule has 3 rings (SSSR count). The van der Waals surface area contributed by atoms with Crippen molar-refractivity contribution in [3.05, 3.63) is 66.5 Å². The molecule has 0 radical (unpaired) electrons. The number of rotatable bonds is 5. The normalized spacial score (nSPS) is 12.0. The molecule has 0 bridgehead atoms. The maximum Gasteiger partial charge on any atom is 0.136 e. The SMILES string of the molecule is CC(Oc1cccc(Sc2ccc(N)c(N)c2)c1)c1ccc[nH]1. The van der Waals surface area contributed by atoms with E-state index in [1.54, 1.807) is 11.8 Å². The highest BCUT2D eigenvalue weighted by Crippen LogP contribution is 2.33. The van der Waals surface area contributed by atoms with Crippen LogP contribution in [0, 0.1) is 0 Å². The predicted octanol–water partition coefficient (Wildman–Crippen LogP) is 4.47. The lowest BCUT2D eigenvalue weighted by molar-refractivity contribution is 0.222. The van der Waals surface area contributed by atoms with E-state index in [0.717, 1.165) is 21.2 Å². The van der Waals surface area contributed by atoms with E-state index in [-0.39, 0.29) is 6.10 Å². The van der Waals surface area contributed by atoms with E-state index in [1.165, 1.54) is 0 Å². The van der Waals surface area contributed by atoms with Gasteiger partial charge in [-0.25, -0.2) is 0 Å². The summed E-state index contributed by atoms with van der Waals surface area (Å²) < 4.78 is 5.99. The van der Waals surface area contributed by atoms with E-state index in [9.17, 15) is 0 Å². The van der Waals surface area contributed by atoms with Crippen LogP contribution in [0.25, 0.3) is 0 Å². The molecule has 2 aromatic carbocycles. The van der Waals surface area contributed by atoms with Gasteiger partial charge in [0.15, 0.2) is 0 Å². The number of nitrogens with one attached hydrogen (secondary N) is 1. The number of nitrogens with two attached hydrogens (primary N) is 2. The molecule has 0 amide bonds. The van der Waals surface area contributed by atoms with E-state index < -0.39 is 0 Å². The Bertz CT molecular complexity index is 787. The van der Waals surface area contributed by atoms with Crippen LogP contribution < -0.4 is 16.2 Å². The van der Waals surface area contributed by atoms with Crippen LogP contribution in [0.5, 0.6) is 5.75 Å². The number of benzene rings is 2. The highest BCUT2D eigenvalue weighted by atomic mass is 32.2. The minimum atomic E-state index is -0.0302. The minimum Gasteiger partial charge on any atom is -0.484 e. The number of hydrogen-bond acceptors (Lipinski definition) is 4. The van der Waals surface area contributed by atoms with Crippen molar-refractivity contribution in [3.63, 3.8) is 0 Å². The summed E-state index contributed by atoms with van der Waals surface area (Å²) in [5, 5.41) is 0. The van der Waals surface area contributed by atoms with Gasteiger partial charge in [-0.05, 0) is 55.5 Å². The molecule has 1 unspecified atom stereocenters. The van der Waals surface area contributed by atoms with E-state index in [1.807, 2.05) is 67.7 Å². The monoisotopic (exact) mass is 325 g/mol. The van der Waals surface area contributed by atoms with E-state index in [2.05, 4.69) is 4.98 Å². The molecule has 0 saturated carbocycles. The van der Waals surface area contributed by atoms with Gasteiger partial charge in [0.25, 0.3) is 0 Å². The summed E-state index contributed by atoms with van der Waals surface area (Å²) in [5.74, 6) is 0.834. The summed E-state index contributed by atoms with van der Waals surface area (Å²) >= 11 is 1.63. The zero-order chi connectivity index (χ0) is 16.2. The quantitative estimate of drug-likeness (QED) is 0.605. The molecule has 0 aliphatic rings. The third-order valence-corrected chi connectivity index (χ3v) is 4.45. The van der Waals surface area contributed by atoms with Crippen LogP contribution in [0.3, 0.4) is 0 Å². The van der Waals surface area contributed by atoms with Gasteiger partial charge >= 0.3 is 0 Å². The number of H-pyrrole nitrogens is 1. The summed E-state index contributed by atoms with van der Waals surface area (Å²) in [6.45, 7) is 2.02. The molecule has 0 aliphatic carbocycles. The Morgan fingerprint density at radius 1 is 0.957 bits per heavy atom. The lowest BCUT2D eigenvalue weighted by Crippen LogP contribution is -2.03. The highest BCUT2D eigenvalue weighted by Gasteiger charge is 2.08. The Balaban J connectivity index is 1.73. The van der Waals surface area contributed by atoms with Gasteiger partial charge in [0.1, 0.15) is 11.9 Å². The molecular weight excluding hydrogens is 306 g/mol. The van der Waals surface area contributed by atoms with Gasteiger partial charge < -0.3 is 21.2 Å². The molecule has 1 heterocycles. The summed E-state index contributed by atoms with van der Waals surface area (Å²) in [4.78, 5) is 5.30. The molecule has 1 atom stereocenters. The van der Waals surface area contributed by atoms with E-state index >= 15 is 0 Å². The average molecular weight is 325 g/mol. The van der Waals surface area contributed by atoms with Crippen molar-refractivity contribution in [1.29, 1.82) is 0 Å². The molecular formula is C18H19N3OS. The molecule has 4 nitrogen and oxygen atoms in total. The third kappa shape index (κ3) is 3.81. The fourth-order valence-corrected chi connectivity index (χ4v) is 3.14. The first-order valence-electron chi connectivity index (χ1n) is 7.34. The molecule has 0 fully saturated rings. The van der Waals surface area contributed by atoms with Gasteiger partial charge in [-0.3, -0.25) is 0 Å². The van der Waals surface area contributed by atoms with Gasteiger partial charge in [-0.2, -0.15) is 0 Å². The van der Waals surface area contributed by atoms with Gasteiger partial charge in [0, 0.05) is 16.0 Å². The van der Waals surface area contributed by atoms with Gasteiger partial charge in [0.05, 0.1) is 17.1 Å². The van der Waals surface area contributed by atoms with Crippen molar-refractivity contribution in [1.82, 2.24) is 4.98 Å². The van der Waals surface area contributed by atoms with Crippen LogP contribution >= 0.6 is 11.8 Å². The van der Waals surface area contributed by atoms with Crippen LogP contribution in [0.15, 0.2) is 70.6 Å². The summed E-state index contributed by atoms with van der Waals surface area (Å²) in [5.41, 5.74) is 13.9. The highest BCUT2D eigenvalue weighted by molar-refractivity contribution is 7.99. The Labute approximate surface area is 139 Å². The average Bonchev–Trinajstić information content (AvgIpc) is 3.06. The van der Waals surface area contributed by atoms with Crippen LogP contribution in [0.2, 0.25) is 0 Å². The minimum absolute atomic E-state index is 0.0302. The second kappa shape index (κ2) is 6.71. The summed E-state index contributed by atoms with van der Waals surface area (Å²) in [6.07, 6.45) is 1.87. The smallest absolute Gasteiger partial charge is 0.136 e. The van der Waals surface area contributed by atoms with Crippen LogP contribution in [-0.2, 0) is 0 Å². The van der Waals surface area contributed by atoms with Crippen LogP contribution in [-0.4, -0.2) is 4.98 Å². The zero-order valence-electron chi connectivity index (χ0n) is 12.8.